The number of hydrogen-bond donors (Lipinski definition) is 1. The molecule has 0 aliphatic heterocycles. The van der Waals surface area contributed by atoms with Gasteiger partial charge in [0.1, 0.15) is 0 Å². The monoisotopic (exact) mass is 187 g/mol. The smallest absolute Gasteiger partial charge is 0.0897 e. The number of nitrogens with zero attached hydrogens (tertiary/aromatic N) is 1. The Labute approximate surface area is 76.0 Å². The second-order valence-corrected chi connectivity index (χ2v) is 3.73. The van der Waals surface area contributed by atoms with E-state index in [1.807, 2.05) is 12.3 Å². The van der Waals surface area contributed by atoms with Gasteiger partial charge in [0.25, 0.3) is 0 Å². The fraction of sp³-hybridized carbons (Fsp3) is 0.625. The Kier molecular flexibility index (Phi) is 3.65. The summed E-state index contributed by atoms with van der Waals surface area (Å²) >= 11 is 1.60. The van der Waals surface area contributed by atoms with Crippen LogP contribution in [0.1, 0.15) is 10.7 Å². The first-order valence-electron chi connectivity index (χ1n) is 3.80. The number of aryl methyl sites for hydroxylation is 1. The molecular weight excluding hydrogens is 174 g/mol. The number of aliphatic hydroxyl groups is 1. The number of ether oxygens (including phenoxy) is 1. The summed E-state index contributed by atoms with van der Waals surface area (Å²) in [7, 11) is 1.58. The molecule has 1 aromatic rings. The molecule has 0 bridgehead atoms. The van der Waals surface area contributed by atoms with Gasteiger partial charge in [0.15, 0.2) is 0 Å². The van der Waals surface area contributed by atoms with Crippen LogP contribution in [0.3, 0.4) is 0 Å². The Hall–Kier alpha value is -0.450. The summed E-state index contributed by atoms with van der Waals surface area (Å²) in [5.41, 5.74) is 0.946. The largest absolute Gasteiger partial charge is 0.390 e. The molecule has 0 radical (unpaired) electrons. The van der Waals surface area contributed by atoms with E-state index in [0.717, 1.165) is 10.7 Å². The van der Waals surface area contributed by atoms with Crippen LogP contribution in [0.2, 0.25) is 0 Å². The molecule has 1 atom stereocenters. The van der Waals surface area contributed by atoms with Crippen molar-refractivity contribution in [2.45, 2.75) is 19.4 Å². The van der Waals surface area contributed by atoms with Gasteiger partial charge in [-0.25, -0.2) is 4.98 Å². The van der Waals surface area contributed by atoms with Crippen molar-refractivity contribution < 1.29 is 9.84 Å². The van der Waals surface area contributed by atoms with Crippen molar-refractivity contribution in [2.24, 2.45) is 0 Å². The van der Waals surface area contributed by atoms with Crippen molar-refractivity contribution in [1.82, 2.24) is 4.98 Å². The van der Waals surface area contributed by atoms with Gasteiger partial charge in [0.2, 0.25) is 0 Å². The van der Waals surface area contributed by atoms with E-state index in [1.54, 1.807) is 18.4 Å². The quantitative estimate of drug-likeness (QED) is 0.764. The summed E-state index contributed by atoms with van der Waals surface area (Å²) in [5.74, 6) is 0. The molecule has 0 aromatic carbocycles. The third kappa shape index (κ3) is 2.89. The molecule has 1 unspecified atom stereocenters. The van der Waals surface area contributed by atoms with Gasteiger partial charge < -0.3 is 9.84 Å². The normalized spacial score (nSPS) is 13.2. The van der Waals surface area contributed by atoms with E-state index in [2.05, 4.69) is 4.98 Å². The van der Waals surface area contributed by atoms with Crippen LogP contribution < -0.4 is 0 Å². The van der Waals surface area contributed by atoms with E-state index >= 15 is 0 Å². The molecule has 1 rings (SSSR count). The maximum atomic E-state index is 9.35. The molecule has 1 N–H and O–H groups in total. The van der Waals surface area contributed by atoms with Gasteiger partial charge in [-0.2, -0.15) is 0 Å². The van der Waals surface area contributed by atoms with Gasteiger partial charge in [0, 0.05) is 18.9 Å². The van der Waals surface area contributed by atoms with Crippen molar-refractivity contribution in [3.8, 4) is 0 Å². The Morgan fingerprint density at radius 2 is 2.50 bits per heavy atom. The van der Waals surface area contributed by atoms with Crippen LogP contribution in [-0.4, -0.2) is 29.9 Å². The zero-order valence-corrected chi connectivity index (χ0v) is 8.10. The summed E-state index contributed by atoms with van der Waals surface area (Å²) in [6.45, 7) is 2.33. The number of methoxy groups -OCH3 is 1. The van der Waals surface area contributed by atoms with Gasteiger partial charge in [-0.1, -0.05) is 0 Å². The predicted molar refractivity (Wildman–Crippen MR) is 48.4 cm³/mol. The lowest BCUT2D eigenvalue weighted by Gasteiger charge is -2.05. The van der Waals surface area contributed by atoms with E-state index in [9.17, 15) is 5.11 Å². The number of thiazole rings is 1. The fourth-order valence-corrected chi connectivity index (χ4v) is 1.62. The molecule has 0 saturated heterocycles. The lowest BCUT2D eigenvalue weighted by Crippen LogP contribution is -2.17. The molecule has 3 nitrogen and oxygen atoms in total. The van der Waals surface area contributed by atoms with E-state index in [0.29, 0.717) is 13.0 Å². The number of aliphatic hydroxyl groups excluding tert-OH is 1. The highest BCUT2D eigenvalue weighted by molar-refractivity contribution is 7.09. The van der Waals surface area contributed by atoms with Gasteiger partial charge in [0.05, 0.1) is 23.4 Å². The highest BCUT2D eigenvalue weighted by Crippen LogP contribution is 2.09. The van der Waals surface area contributed by atoms with Crippen LogP contribution in [0.4, 0.5) is 0 Å². The van der Waals surface area contributed by atoms with Crippen LogP contribution in [0.15, 0.2) is 5.38 Å². The first-order chi connectivity index (χ1) is 5.72. The fourth-order valence-electron chi connectivity index (χ4n) is 0.995. The second-order valence-electron chi connectivity index (χ2n) is 2.67. The molecule has 68 valence electrons. The molecule has 1 heterocycles. The second kappa shape index (κ2) is 4.54. The zero-order valence-electron chi connectivity index (χ0n) is 7.28. The average molecular weight is 187 g/mol. The molecule has 0 spiro atoms. The van der Waals surface area contributed by atoms with Gasteiger partial charge >= 0.3 is 0 Å². The summed E-state index contributed by atoms with van der Waals surface area (Å²) in [6, 6.07) is 0. The maximum absolute atomic E-state index is 9.35. The van der Waals surface area contributed by atoms with Crippen LogP contribution in [0.5, 0.6) is 0 Å². The zero-order chi connectivity index (χ0) is 8.97. The number of rotatable bonds is 4. The molecule has 0 aliphatic rings. The Morgan fingerprint density at radius 1 is 1.75 bits per heavy atom. The van der Waals surface area contributed by atoms with Gasteiger partial charge in [-0.05, 0) is 6.92 Å². The van der Waals surface area contributed by atoms with E-state index in [-0.39, 0.29) is 0 Å². The lowest BCUT2D eigenvalue weighted by molar-refractivity contribution is 0.0645. The summed E-state index contributed by atoms with van der Waals surface area (Å²) < 4.78 is 4.81. The summed E-state index contributed by atoms with van der Waals surface area (Å²) in [6.07, 6.45) is 0.148. The minimum absolute atomic E-state index is 0.372. The molecule has 4 heteroatoms. The van der Waals surface area contributed by atoms with Crippen molar-refractivity contribution in [1.29, 1.82) is 0 Å². The van der Waals surface area contributed by atoms with Gasteiger partial charge in [-0.3, -0.25) is 0 Å². The number of hydrogen-bond acceptors (Lipinski definition) is 4. The van der Waals surface area contributed by atoms with Crippen molar-refractivity contribution in [2.75, 3.05) is 13.7 Å². The summed E-state index contributed by atoms with van der Waals surface area (Å²) in [4.78, 5) is 4.24. The highest BCUT2D eigenvalue weighted by Gasteiger charge is 2.06. The SMILES string of the molecule is COCC(O)Cc1csc(C)n1. The number of aromatic nitrogens is 1. The Morgan fingerprint density at radius 3 is 3.00 bits per heavy atom. The van der Waals surface area contributed by atoms with E-state index < -0.39 is 6.10 Å². The van der Waals surface area contributed by atoms with Crippen LogP contribution in [0, 0.1) is 6.92 Å². The molecular formula is C8H13NO2S. The lowest BCUT2D eigenvalue weighted by atomic mass is 10.2. The van der Waals surface area contributed by atoms with Crippen molar-refractivity contribution >= 4 is 11.3 Å². The topological polar surface area (TPSA) is 42.4 Å². The molecule has 0 saturated carbocycles. The minimum atomic E-state index is -0.434. The van der Waals surface area contributed by atoms with Crippen molar-refractivity contribution in [3.63, 3.8) is 0 Å². The standard InChI is InChI=1S/C8H13NO2S/c1-6-9-7(5-12-6)3-8(10)4-11-2/h5,8,10H,3-4H2,1-2H3. The van der Waals surface area contributed by atoms with Gasteiger partial charge in [-0.15, -0.1) is 11.3 Å². The highest BCUT2D eigenvalue weighted by atomic mass is 32.1. The average Bonchev–Trinajstić information content (AvgIpc) is 2.36. The van der Waals surface area contributed by atoms with Crippen molar-refractivity contribution in [3.05, 3.63) is 16.1 Å². The molecule has 0 aliphatic carbocycles. The molecule has 1 aromatic heterocycles. The maximum Gasteiger partial charge on any atom is 0.0897 e. The Bertz CT molecular complexity index is 237. The third-order valence-corrected chi connectivity index (χ3v) is 2.29. The first-order valence-corrected chi connectivity index (χ1v) is 4.68. The predicted octanol–water partition coefficient (Wildman–Crippen LogP) is 1.00. The van der Waals surface area contributed by atoms with Crippen LogP contribution >= 0.6 is 11.3 Å². The molecule has 0 fully saturated rings. The van der Waals surface area contributed by atoms with Crippen LogP contribution in [0.25, 0.3) is 0 Å². The Balaban J connectivity index is 2.41. The first kappa shape index (κ1) is 9.64. The molecule has 0 amide bonds. The van der Waals surface area contributed by atoms with E-state index in [1.165, 1.54) is 0 Å². The minimum Gasteiger partial charge on any atom is -0.390 e. The summed E-state index contributed by atoms with van der Waals surface area (Å²) in [5, 5.41) is 12.4. The van der Waals surface area contributed by atoms with Crippen LogP contribution in [-0.2, 0) is 11.2 Å². The molecule has 12 heavy (non-hydrogen) atoms. The van der Waals surface area contributed by atoms with E-state index in [4.69, 9.17) is 4.74 Å². The third-order valence-electron chi connectivity index (χ3n) is 1.47.